The quantitative estimate of drug-likeness (QED) is 0.271. The Balaban J connectivity index is 1.53. The van der Waals surface area contributed by atoms with Gasteiger partial charge in [0.1, 0.15) is 11.0 Å². The number of nitrogens with zero attached hydrogens (tertiary/aromatic N) is 2. The highest BCUT2D eigenvalue weighted by Gasteiger charge is 2.48. The van der Waals surface area contributed by atoms with E-state index in [2.05, 4.69) is 20.2 Å². The summed E-state index contributed by atoms with van der Waals surface area (Å²) in [5, 5.41) is 12.5. The number of aromatic nitrogens is 2. The summed E-state index contributed by atoms with van der Waals surface area (Å²) in [6.07, 6.45) is 1.72. The van der Waals surface area contributed by atoms with Gasteiger partial charge in [0.2, 0.25) is 10.0 Å². The van der Waals surface area contributed by atoms with Crippen LogP contribution in [0.2, 0.25) is 15.1 Å². The molecule has 0 aliphatic carbocycles. The number of hydrogen-bond donors (Lipinski definition) is 3. The molecular weight excluding hydrogens is 560 g/mol. The fourth-order valence-corrected chi connectivity index (χ4v) is 7.88. The lowest BCUT2D eigenvalue weighted by molar-refractivity contribution is 0.392. The predicted molar refractivity (Wildman–Crippen MR) is 138 cm³/mol. The fraction of sp³-hybridized carbons (Fsp3) is 0.190. The molecule has 0 radical (unpaired) electrons. The summed E-state index contributed by atoms with van der Waals surface area (Å²) in [6, 6.07) is 13.0. The summed E-state index contributed by atoms with van der Waals surface area (Å²) < 4.78 is 30.0. The zero-order chi connectivity index (χ0) is 24.0. The van der Waals surface area contributed by atoms with Crippen LogP contribution in [0.15, 0.2) is 60.1 Å². The molecule has 0 bridgehead atoms. The molecule has 0 amide bonds. The lowest BCUT2D eigenvalue weighted by Crippen LogP contribution is -2.46. The van der Waals surface area contributed by atoms with Crippen molar-refractivity contribution in [2.75, 3.05) is 0 Å². The highest BCUT2D eigenvalue weighted by Crippen LogP contribution is 2.37. The molecule has 178 valence electrons. The van der Waals surface area contributed by atoms with Crippen LogP contribution in [-0.4, -0.2) is 39.9 Å². The van der Waals surface area contributed by atoms with Crippen LogP contribution in [-0.2, 0) is 10.0 Å². The first kappa shape index (κ1) is 24.3. The molecule has 3 N–H and O–H groups in total. The van der Waals surface area contributed by atoms with E-state index in [-0.39, 0.29) is 5.50 Å². The smallest absolute Gasteiger partial charge is 0.236 e. The number of halogens is 4. The van der Waals surface area contributed by atoms with Crippen LogP contribution < -0.4 is 10.0 Å². The maximum atomic E-state index is 13.6. The summed E-state index contributed by atoms with van der Waals surface area (Å²) in [4.78, 5) is 1.68. The molecule has 4 unspecified atom stereocenters. The normalized spacial score (nSPS) is 22.8. The molecule has 13 heteroatoms. The lowest BCUT2D eigenvalue weighted by atomic mass is 10.0. The van der Waals surface area contributed by atoms with Crippen LogP contribution in [0.25, 0.3) is 11.3 Å². The van der Waals surface area contributed by atoms with E-state index in [1.807, 2.05) is 17.5 Å². The van der Waals surface area contributed by atoms with E-state index in [1.165, 1.54) is 11.8 Å². The van der Waals surface area contributed by atoms with Gasteiger partial charge in [-0.15, -0.1) is 11.6 Å². The highest BCUT2D eigenvalue weighted by atomic mass is 35.5. The Hall–Kier alpha value is -1.43. The molecule has 4 atom stereocenters. The largest absolute Gasteiger partial charge is 0.332 e. The Labute approximate surface area is 220 Å². The van der Waals surface area contributed by atoms with Crippen molar-refractivity contribution in [2.24, 2.45) is 0 Å². The number of fused-ring (bicyclic) bond motifs is 1. The van der Waals surface area contributed by atoms with Crippen molar-refractivity contribution in [3.05, 3.63) is 86.5 Å². The van der Waals surface area contributed by atoms with Crippen molar-refractivity contribution in [3.8, 4) is 11.3 Å². The average molecular weight is 577 g/mol. The monoisotopic (exact) mass is 575 g/mol. The lowest BCUT2D eigenvalue weighted by Gasteiger charge is -2.27. The molecule has 0 spiro atoms. The first-order chi connectivity index (χ1) is 16.2. The summed E-state index contributed by atoms with van der Waals surface area (Å²) >= 11 is 26.4. The van der Waals surface area contributed by atoms with Crippen LogP contribution >= 0.6 is 58.2 Å². The molecule has 3 aromatic rings. The van der Waals surface area contributed by atoms with E-state index in [0.717, 1.165) is 5.56 Å². The van der Waals surface area contributed by atoms with Gasteiger partial charge in [-0.3, -0.25) is 10.4 Å². The van der Waals surface area contributed by atoms with E-state index in [4.69, 9.17) is 46.4 Å². The van der Waals surface area contributed by atoms with Crippen molar-refractivity contribution in [3.63, 3.8) is 0 Å². The van der Waals surface area contributed by atoms with Gasteiger partial charge in [-0.2, -0.15) is 9.82 Å². The van der Waals surface area contributed by atoms with E-state index in [0.29, 0.717) is 32.0 Å². The summed E-state index contributed by atoms with van der Waals surface area (Å²) in [7, 11) is -3.99. The van der Waals surface area contributed by atoms with Crippen LogP contribution in [0.5, 0.6) is 0 Å². The fourth-order valence-electron chi connectivity index (χ4n) is 3.88. The predicted octanol–water partition coefficient (Wildman–Crippen LogP) is 5.34. The van der Waals surface area contributed by atoms with Gasteiger partial charge in [0.15, 0.2) is 5.37 Å². The maximum absolute atomic E-state index is 13.6. The van der Waals surface area contributed by atoms with Crippen molar-refractivity contribution in [1.29, 1.82) is 0 Å². The number of nitrogens with one attached hydrogen (secondary N) is 3. The Morgan fingerprint density at radius 2 is 1.79 bits per heavy atom. The number of H-pyrrole nitrogens is 1. The van der Waals surface area contributed by atoms with Gasteiger partial charge in [-0.1, -0.05) is 64.8 Å². The zero-order valence-electron chi connectivity index (χ0n) is 17.1. The molecule has 2 aromatic carbocycles. The molecule has 34 heavy (non-hydrogen) atoms. The van der Waals surface area contributed by atoms with Gasteiger partial charge >= 0.3 is 0 Å². The Morgan fingerprint density at radius 3 is 2.53 bits per heavy atom. The van der Waals surface area contributed by atoms with E-state index < -0.39 is 26.9 Å². The van der Waals surface area contributed by atoms with Crippen molar-refractivity contribution in [1.82, 2.24) is 25.1 Å². The standard InChI is InChI=1S/C21H17Cl4N5O2S2/c22-12-3-1-11(2-4-12)16-10-17(28-27-16)18(14-6-5-13(23)9-15(14)24)29-34(31,32)20-19(25)26-21-30(20)7-8-33-21/h1-10,18-21,26,29H,(H,27,28). The number of hydrogen-bond acceptors (Lipinski definition) is 6. The molecular formula is C21H17Cl4N5O2S2. The summed E-state index contributed by atoms with van der Waals surface area (Å²) in [6.45, 7) is 0. The molecule has 2 aliphatic heterocycles. The number of thioether (sulfide) groups is 1. The third-order valence-corrected chi connectivity index (χ3v) is 9.44. The topological polar surface area (TPSA) is 90.1 Å². The Morgan fingerprint density at radius 1 is 1.06 bits per heavy atom. The van der Waals surface area contributed by atoms with Crippen LogP contribution in [0.1, 0.15) is 17.3 Å². The summed E-state index contributed by atoms with van der Waals surface area (Å²) in [5.41, 5.74) is 1.40. The van der Waals surface area contributed by atoms with Crippen LogP contribution in [0.3, 0.4) is 0 Å². The molecule has 5 rings (SSSR count). The van der Waals surface area contributed by atoms with E-state index in [9.17, 15) is 8.42 Å². The van der Waals surface area contributed by atoms with Crippen molar-refractivity contribution >= 4 is 68.2 Å². The van der Waals surface area contributed by atoms with Crippen LogP contribution in [0, 0.1) is 0 Å². The molecule has 1 saturated heterocycles. The zero-order valence-corrected chi connectivity index (χ0v) is 21.8. The third-order valence-electron chi connectivity index (χ3n) is 5.48. The Kier molecular flexibility index (Phi) is 6.82. The minimum atomic E-state index is -3.99. The van der Waals surface area contributed by atoms with E-state index in [1.54, 1.807) is 47.5 Å². The minimum Gasteiger partial charge on any atom is -0.332 e. The van der Waals surface area contributed by atoms with Gasteiger partial charge in [0, 0.05) is 26.8 Å². The van der Waals surface area contributed by atoms with Crippen molar-refractivity contribution < 1.29 is 8.42 Å². The number of rotatable bonds is 6. The molecule has 2 aliphatic rings. The first-order valence-corrected chi connectivity index (χ1v) is 14.1. The Bertz CT molecular complexity index is 1350. The molecule has 3 heterocycles. The van der Waals surface area contributed by atoms with Gasteiger partial charge in [-0.25, -0.2) is 8.42 Å². The third kappa shape index (κ3) is 4.68. The van der Waals surface area contributed by atoms with E-state index >= 15 is 0 Å². The first-order valence-electron chi connectivity index (χ1n) is 10.00. The van der Waals surface area contributed by atoms with Gasteiger partial charge in [-0.05, 0) is 41.3 Å². The summed E-state index contributed by atoms with van der Waals surface area (Å²) in [5.74, 6) is 0. The van der Waals surface area contributed by atoms with Gasteiger partial charge in [0.05, 0.1) is 17.4 Å². The highest BCUT2D eigenvalue weighted by molar-refractivity contribution is 8.02. The molecule has 0 saturated carbocycles. The number of benzene rings is 2. The number of aromatic amines is 1. The second-order valence-electron chi connectivity index (χ2n) is 7.66. The maximum Gasteiger partial charge on any atom is 0.236 e. The SMILES string of the molecule is O=S(=O)(NC(c1cc(-c2ccc(Cl)cc2)n[nH]1)c1ccc(Cl)cc1Cl)C1C(Cl)NC2SC=CN21. The second-order valence-corrected chi connectivity index (χ2v) is 12.2. The molecule has 1 aromatic heterocycles. The second kappa shape index (κ2) is 9.55. The average Bonchev–Trinajstić information content (AvgIpc) is 3.49. The van der Waals surface area contributed by atoms with Crippen LogP contribution in [0.4, 0.5) is 0 Å². The number of alkyl halides is 1. The van der Waals surface area contributed by atoms with Gasteiger partial charge in [0.25, 0.3) is 0 Å². The molecule has 1 fully saturated rings. The molecule has 7 nitrogen and oxygen atoms in total. The van der Waals surface area contributed by atoms with Crippen molar-refractivity contribution in [2.45, 2.75) is 22.4 Å². The minimum absolute atomic E-state index is 0.245. The van der Waals surface area contributed by atoms with Gasteiger partial charge < -0.3 is 4.90 Å². The number of sulfonamides is 1.